The van der Waals surface area contributed by atoms with E-state index in [1.54, 1.807) is 32.4 Å². The van der Waals surface area contributed by atoms with Crippen molar-refractivity contribution in [3.63, 3.8) is 0 Å². The first-order valence-electron chi connectivity index (χ1n) is 11.2. The van der Waals surface area contributed by atoms with Crippen LogP contribution in [-0.4, -0.2) is 33.0 Å². The van der Waals surface area contributed by atoms with E-state index in [2.05, 4.69) is 0 Å². The van der Waals surface area contributed by atoms with Gasteiger partial charge >= 0.3 is 0 Å². The molecule has 35 heavy (non-hydrogen) atoms. The molecule has 4 rings (SSSR count). The van der Waals surface area contributed by atoms with Crippen LogP contribution >= 0.6 is 0 Å². The maximum absolute atomic E-state index is 10.1. The van der Waals surface area contributed by atoms with Gasteiger partial charge in [0.1, 0.15) is 34.5 Å². The Kier molecular flexibility index (Phi) is 6.87. The zero-order chi connectivity index (χ0) is 25.1. The molecule has 0 spiro atoms. The molecule has 0 unspecified atom stereocenters. The molecule has 0 aliphatic heterocycles. The first-order chi connectivity index (χ1) is 16.9. The summed E-state index contributed by atoms with van der Waals surface area (Å²) in [7, 11) is 4.73. The zero-order valence-corrected chi connectivity index (χ0v) is 20.8. The summed E-state index contributed by atoms with van der Waals surface area (Å²) in [6, 6.07) is 14.6. The predicted molar refractivity (Wildman–Crippen MR) is 135 cm³/mol. The van der Waals surface area contributed by atoms with E-state index in [0.717, 1.165) is 33.4 Å². The van der Waals surface area contributed by atoms with Crippen LogP contribution in [0, 0.1) is 13.8 Å². The Hall–Kier alpha value is -4.13. The first kappa shape index (κ1) is 24.0. The Balaban J connectivity index is 2.12. The van der Waals surface area contributed by atoms with Gasteiger partial charge in [-0.05, 0) is 68.3 Å². The number of furan rings is 1. The van der Waals surface area contributed by atoms with Crippen molar-refractivity contribution in [3.05, 3.63) is 65.4 Å². The number of ether oxygens (including phenoxy) is 4. The van der Waals surface area contributed by atoms with Crippen molar-refractivity contribution in [1.82, 2.24) is 0 Å². The van der Waals surface area contributed by atoms with Crippen LogP contribution in [0.4, 0.5) is 5.69 Å². The van der Waals surface area contributed by atoms with Crippen LogP contribution < -0.4 is 24.3 Å². The van der Waals surface area contributed by atoms with E-state index < -0.39 is 0 Å². The summed E-state index contributed by atoms with van der Waals surface area (Å²) in [6.45, 7) is 6.26. The summed E-state index contributed by atoms with van der Waals surface area (Å²) < 4.78 is 28.4. The Morgan fingerprint density at radius 1 is 0.771 bits per heavy atom. The van der Waals surface area contributed by atoms with Crippen LogP contribution in [0.2, 0.25) is 0 Å². The third-order valence-corrected chi connectivity index (χ3v) is 5.78. The van der Waals surface area contributed by atoms with Gasteiger partial charge in [-0.1, -0.05) is 6.07 Å². The molecule has 0 saturated heterocycles. The van der Waals surface area contributed by atoms with Crippen LogP contribution in [0.25, 0.3) is 21.9 Å². The van der Waals surface area contributed by atoms with E-state index in [4.69, 9.17) is 28.4 Å². The van der Waals surface area contributed by atoms with Crippen molar-refractivity contribution in [2.24, 2.45) is 4.99 Å². The molecule has 7 heteroatoms. The molecule has 0 saturated carbocycles. The number of aromatic hydroxyl groups is 1. The molecule has 7 nitrogen and oxygen atoms in total. The number of aryl methyl sites for hydroxylation is 2. The number of phenols is 1. The lowest BCUT2D eigenvalue weighted by atomic mass is 10.1. The highest BCUT2D eigenvalue weighted by Crippen LogP contribution is 2.37. The molecular formula is C28H29NO6. The van der Waals surface area contributed by atoms with Crippen LogP contribution in [0.15, 0.2) is 57.9 Å². The van der Waals surface area contributed by atoms with Crippen molar-refractivity contribution in [1.29, 1.82) is 0 Å². The molecule has 0 amide bonds. The van der Waals surface area contributed by atoms with Crippen molar-refractivity contribution in [2.45, 2.75) is 20.8 Å². The van der Waals surface area contributed by atoms with Crippen LogP contribution in [0.3, 0.4) is 0 Å². The van der Waals surface area contributed by atoms with E-state index >= 15 is 0 Å². The SMILES string of the molecule is CCOc1cc(-c2ccc(O)c(OC)c2)cc(=Nc2ccc(OC)cc2OC)c2c(C)oc(C)c12. The van der Waals surface area contributed by atoms with Gasteiger partial charge in [0.2, 0.25) is 0 Å². The van der Waals surface area contributed by atoms with Gasteiger partial charge in [0.25, 0.3) is 0 Å². The highest BCUT2D eigenvalue weighted by molar-refractivity contribution is 5.93. The molecule has 1 aromatic heterocycles. The Morgan fingerprint density at radius 3 is 2.17 bits per heavy atom. The fourth-order valence-corrected chi connectivity index (χ4v) is 4.15. The molecular weight excluding hydrogens is 446 g/mol. The van der Waals surface area contributed by atoms with Crippen molar-refractivity contribution >= 4 is 16.5 Å². The van der Waals surface area contributed by atoms with Crippen LogP contribution in [0.1, 0.15) is 18.4 Å². The predicted octanol–water partition coefficient (Wildman–Crippen LogP) is 6.08. The highest BCUT2D eigenvalue weighted by atomic mass is 16.5. The molecule has 182 valence electrons. The molecule has 0 radical (unpaired) electrons. The normalized spacial score (nSPS) is 11.5. The summed E-state index contributed by atoms with van der Waals surface area (Å²) in [5.41, 5.74) is 2.32. The summed E-state index contributed by atoms with van der Waals surface area (Å²) in [5, 5.41) is 12.5. The maximum atomic E-state index is 10.1. The smallest absolute Gasteiger partial charge is 0.161 e. The van der Waals surface area contributed by atoms with Gasteiger partial charge < -0.3 is 28.5 Å². The monoisotopic (exact) mass is 475 g/mol. The van der Waals surface area contributed by atoms with E-state index in [-0.39, 0.29) is 5.75 Å². The van der Waals surface area contributed by atoms with E-state index in [1.807, 2.05) is 51.1 Å². The van der Waals surface area contributed by atoms with Gasteiger partial charge in [-0.3, -0.25) is 0 Å². The molecule has 0 aliphatic carbocycles. The lowest BCUT2D eigenvalue weighted by molar-refractivity contribution is 0.344. The molecule has 0 aliphatic rings. The Labute approximate surface area is 204 Å². The van der Waals surface area contributed by atoms with Gasteiger partial charge in [0.15, 0.2) is 11.5 Å². The maximum Gasteiger partial charge on any atom is 0.161 e. The molecule has 0 atom stereocenters. The van der Waals surface area contributed by atoms with Gasteiger partial charge in [-0.15, -0.1) is 0 Å². The van der Waals surface area contributed by atoms with Crippen molar-refractivity contribution in [2.75, 3.05) is 27.9 Å². The van der Waals surface area contributed by atoms with Crippen molar-refractivity contribution < 1.29 is 28.5 Å². The third-order valence-electron chi connectivity index (χ3n) is 5.78. The molecule has 0 bridgehead atoms. The number of nitrogens with zero attached hydrogens (tertiary/aromatic N) is 1. The second-order valence-corrected chi connectivity index (χ2v) is 7.93. The minimum atomic E-state index is 0.0683. The average Bonchev–Trinajstić information content (AvgIpc) is 3.05. The number of methoxy groups -OCH3 is 3. The quantitative estimate of drug-likeness (QED) is 0.349. The second kappa shape index (κ2) is 10.0. The Morgan fingerprint density at radius 2 is 1.49 bits per heavy atom. The molecule has 3 aromatic carbocycles. The summed E-state index contributed by atoms with van der Waals surface area (Å²) in [5.74, 6) is 3.86. The minimum Gasteiger partial charge on any atom is -0.504 e. The molecule has 1 heterocycles. The summed E-state index contributed by atoms with van der Waals surface area (Å²) >= 11 is 0. The van der Waals surface area contributed by atoms with Gasteiger partial charge in [-0.25, -0.2) is 4.99 Å². The highest BCUT2D eigenvalue weighted by Gasteiger charge is 2.17. The number of fused-ring (bicyclic) bond motifs is 1. The minimum absolute atomic E-state index is 0.0683. The molecule has 0 fully saturated rings. The average molecular weight is 476 g/mol. The lowest BCUT2D eigenvalue weighted by Crippen LogP contribution is -2.01. The number of benzene rings is 2. The summed E-state index contributed by atoms with van der Waals surface area (Å²) in [6.07, 6.45) is 0. The van der Waals surface area contributed by atoms with Crippen LogP contribution in [0.5, 0.6) is 28.7 Å². The number of phenolic OH excluding ortho intramolecular Hbond substituents is 1. The van der Waals surface area contributed by atoms with E-state index in [9.17, 15) is 5.11 Å². The summed E-state index contributed by atoms with van der Waals surface area (Å²) in [4.78, 5) is 5.00. The largest absolute Gasteiger partial charge is 0.504 e. The lowest BCUT2D eigenvalue weighted by Gasteiger charge is -2.07. The van der Waals surface area contributed by atoms with Gasteiger partial charge in [0, 0.05) is 6.07 Å². The first-order valence-corrected chi connectivity index (χ1v) is 11.2. The zero-order valence-electron chi connectivity index (χ0n) is 20.8. The topological polar surface area (TPSA) is 82.7 Å². The van der Waals surface area contributed by atoms with E-state index in [1.165, 1.54) is 7.11 Å². The second-order valence-electron chi connectivity index (χ2n) is 7.93. The van der Waals surface area contributed by atoms with Gasteiger partial charge in [0.05, 0.1) is 44.1 Å². The number of hydrogen-bond acceptors (Lipinski definition) is 7. The van der Waals surface area contributed by atoms with Gasteiger partial charge in [-0.2, -0.15) is 0 Å². The van der Waals surface area contributed by atoms with E-state index in [0.29, 0.717) is 40.6 Å². The standard InChI is InChI=1S/C28H29NO6/c1-7-34-26-14-19(18-8-11-23(30)25(13-18)33-6)12-22(27-16(2)35-17(3)28(26)27)29-21-10-9-20(31-4)15-24(21)32-5/h8-15,30H,7H2,1-6H3. The Bertz CT molecular complexity index is 1450. The number of rotatable bonds is 7. The molecule has 1 N–H and O–H groups in total. The van der Waals surface area contributed by atoms with Crippen molar-refractivity contribution in [3.8, 4) is 39.9 Å². The fourth-order valence-electron chi connectivity index (χ4n) is 4.15. The van der Waals surface area contributed by atoms with Crippen LogP contribution in [-0.2, 0) is 0 Å². The number of hydrogen-bond donors (Lipinski definition) is 1. The third kappa shape index (κ3) is 4.62. The fraction of sp³-hybridized carbons (Fsp3) is 0.250. The molecule has 4 aromatic rings.